The van der Waals surface area contributed by atoms with E-state index >= 15 is 0 Å². The summed E-state index contributed by atoms with van der Waals surface area (Å²) in [5.74, 6) is 0.324. The fraction of sp³-hybridized carbons (Fsp3) is 0.444. The van der Waals surface area contributed by atoms with Gasteiger partial charge < -0.3 is 0 Å². The van der Waals surface area contributed by atoms with Crippen LogP contribution in [-0.4, -0.2) is 5.78 Å². The van der Waals surface area contributed by atoms with Crippen LogP contribution >= 0.6 is 27.3 Å². The standard InChI is InChI=1S/C9H9BrOS/c10-9-5-6-7(11)3-1-2-4-8(6)12-9/h5H,1-4H2. The Hall–Kier alpha value is -0.150. The second kappa shape index (κ2) is 3.30. The maximum atomic E-state index is 11.5. The van der Waals surface area contributed by atoms with Gasteiger partial charge in [0, 0.05) is 16.9 Å². The molecule has 1 nitrogen and oxygen atoms in total. The first kappa shape index (κ1) is 8.45. The van der Waals surface area contributed by atoms with Crippen molar-refractivity contribution >= 4 is 33.0 Å². The fourth-order valence-corrected chi connectivity index (χ4v) is 3.28. The molecule has 2 rings (SSSR count). The molecule has 0 amide bonds. The number of halogens is 1. The lowest BCUT2D eigenvalue weighted by molar-refractivity contribution is 0.0982. The molecule has 0 N–H and O–H groups in total. The monoisotopic (exact) mass is 244 g/mol. The molecule has 0 radical (unpaired) electrons. The lowest BCUT2D eigenvalue weighted by Gasteiger charge is -1.92. The Bertz CT molecular complexity index is 316. The molecule has 0 fully saturated rings. The molecule has 64 valence electrons. The molecule has 0 unspecified atom stereocenters. The van der Waals surface area contributed by atoms with Crippen molar-refractivity contribution < 1.29 is 4.79 Å². The topological polar surface area (TPSA) is 17.1 Å². The van der Waals surface area contributed by atoms with E-state index in [-0.39, 0.29) is 0 Å². The van der Waals surface area contributed by atoms with E-state index < -0.39 is 0 Å². The number of aryl methyl sites for hydroxylation is 1. The van der Waals surface area contributed by atoms with Crippen LogP contribution in [0.1, 0.15) is 34.5 Å². The van der Waals surface area contributed by atoms with E-state index in [0.717, 1.165) is 35.0 Å². The molecule has 0 bridgehead atoms. The van der Waals surface area contributed by atoms with Gasteiger partial charge in [-0.05, 0) is 41.3 Å². The zero-order chi connectivity index (χ0) is 8.55. The van der Waals surface area contributed by atoms with Gasteiger partial charge in [0.2, 0.25) is 0 Å². The van der Waals surface area contributed by atoms with Crippen LogP contribution < -0.4 is 0 Å². The molecule has 1 aliphatic rings. The smallest absolute Gasteiger partial charge is 0.164 e. The summed E-state index contributed by atoms with van der Waals surface area (Å²) in [7, 11) is 0. The van der Waals surface area contributed by atoms with Gasteiger partial charge in [-0.15, -0.1) is 11.3 Å². The molecule has 1 heterocycles. The van der Waals surface area contributed by atoms with Crippen LogP contribution in [0.15, 0.2) is 9.85 Å². The maximum absolute atomic E-state index is 11.5. The van der Waals surface area contributed by atoms with Crippen molar-refractivity contribution in [3.63, 3.8) is 0 Å². The highest BCUT2D eigenvalue weighted by Crippen LogP contribution is 2.31. The number of Topliss-reactive ketones (excluding diaryl/α,β-unsaturated/α-hetero) is 1. The predicted octanol–water partition coefficient (Wildman–Crippen LogP) is 3.42. The average molecular weight is 245 g/mol. The van der Waals surface area contributed by atoms with Crippen molar-refractivity contribution in [2.75, 3.05) is 0 Å². The lowest BCUT2D eigenvalue weighted by Crippen LogP contribution is -1.95. The molecule has 1 aromatic rings. The number of thiophene rings is 1. The van der Waals surface area contributed by atoms with Crippen LogP contribution in [0.3, 0.4) is 0 Å². The van der Waals surface area contributed by atoms with Crippen LogP contribution in [0.5, 0.6) is 0 Å². The van der Waals surface area contributed by atoms with Crippen molar-refractivity contribution in [1.82, 2.24) is 0 Å². The quantitative estimate of drug-likeness (QED) is 0.640. The number of fused-ring (bicyclic) bond motifs is 1. The second-order valence-electron chi connectivity index (χ2n) is 3.02. The summed E-state index contributed by atoms with van der Waals surface area (Å²) in [6.45, 7) is 0. The summed E-state index contributed by atoms with van der Waals surface area (Å²) in [6, 6.07) is 1.97. The maximum Gasteiger partial charge on any atom is 0.164 e. The van der Waals surface area contributed by atoms with Gasteiger partial charge in [0.25, 0.3) is 0 Å². The minimum absolute atomic E-state index is 0.324. The third-order valence-corrected chi connectivity index (χ3v) is 3.83. The Balaban J connectivity index is 2.44. The van der Waals surface area contributed by atoms with Crippen molar-refractivity contribution in [3.05, 3.63) is 20.3 Å². The first-order valence-corrected chi connectivity index (χ1v) is 5.70. The summed E-state index contributed by atoms with van der Waals surface area (Å²) < 4.78 is 1.09. The van der Waals surface area contributed by atoms with Crippen molar-refractivity contribution in [2.45, 2.75) is 25.7 Å². The van der Waals surface area contributed by atoms with E-state index in [1.807, 2.05) is 6.07 Å². The van der Waals surface area contributed by atoms with E-state index in [1.54, 1.807) is 11.3 Å². The van der Waals surface area contributed by atoms with Gasteiger partial charge in [-0.3, -0.25) is 4.79 Å². The van der Waals surface area contributed by atoms with Gasteiger partial charge in [0.05, 0.1) is 3.79 Å². The van der Waals surface area contributed by atoms with Crippen molar-refractivity contribution in [2.24, 2.45) is 0 Å². The van der Waals surface area contributed by atoms with Crippen LogP contribution in [0, 0.1) is 0 Å². The van der Waals surface area contributed by atoms with Gasteiger partial charge in [0.15, 0.2) is 5.78 Å². The minimum Gasteiger partial charge on any atom is -0.294 e. The highest BCUT2D eigenvalue weighted by molar-refractivity contribution is 9.11. The molecule has 0 aromatic carbocycles. The van der Waals surface area contributed by atoms with Crippen LogP contribution in [0.2, 0.25) is 0 Å². The van der Waals surface area contributed by atoms with Gasteiger partial charge in [-0.2, -0.15) is 0 Å². The molecule has 0 spiro atoms. The number of hydrogen-bond acceptors (Lipinski definition) is 2. The van der Waals surface area contributed by atoms with E-state index in [2.05, 4.69) is 15.9 Å². The number of carbonyl (C=O) groups is 1. The normalized spacial score (nSPS) is 17.2. The molecule has 0 atom stereocenters. The Morgan fingerprint density at radius 2 is 2.08 bits per heavy atom. The van der Waals surface area contributed by atoms with E-state index in [1.165, 1.54) is 4.88 Å². The van der Waals surface area contributed by atoms with Gasteiger partial charge >= 0.3 is 0 Å². The Morgan fingerprint density at radius 3 is 2.92 bits per heavy atom. The Morgan fingerprint density at radius 1 is 1.33 bits per heavy atom. The van der Waals surface area contributed by atoms with Gasteiger partial charge in [-0.1, -0.05) is 0 Å². The molecule has 1 aliphatic carbocycles. The number of rotatable bonds is 0. The van der Waals surface area contributed by atoms with Gasteiger partial charge in [-0.25, -0.2) is 0 Å². The largest absolute Gasteiger partial charge is 0.294 e. The first-order chi connectivity index (χ1) is 5.77. The minimum atomic E-state index is 0.324. The zero-order valence-electron chi connectivity index (χ0n) is 6.60. The molecule has 0 saturated carbocycles. The lowest BCUT2D eigenvalue weighted by atomic mass is 10.1. The number of carbonyl (C=O) groups excluding carboxylic acids is 1. The summed E-state index contributed by atoms with van der Waals surface area (Å²) in [6.07, 6.45) is 4.02. The molecular formula is C9H9BrOS. The molecular weight excluding hydrogens is 236 g/mol. The Kier molecular flexibility index (Phi) is 2.33. The summed E-state index contributed by atoms with van der Waals surface area (Å²) in [5, 5.41) is 0. The third-order valence-electron chi connectivity index (χ3n) is 2.14. The summed E-state index contributed by atoms with van der Waals surface area (Å²) in [5.41, 5.74) is 0.962. The first-order valence-electron chi connectivity index (χ1n) is 4.09. The zero-order valence-corrected chi connectivity index (χ0v) is 9.00. The second-order valence-corrected chi connectivity index (χ2v) is 5.53. The third kappa shape index (κ3) is 1.48. The fourth-order valence-electron chi connectivity index (χ4n) is 1.52. The van der Waals surface area contributed by atoms with Crippen LogP contribution in [-0.2, 0) is 6.42 Å². The van der Waals surface area contributed by atoms with Gasteiger partial charge in [0.1, 0.15) is 0 Å². The summed E-state index contributed by atoms with van der Waals surface area (Å²) in [4.78, 5) is 12.8. The predicted molar refractivity (Wildman–Crippen MR) is 53.9 cm³/mol. The van der Waals surface area contributed by atoms with Crippen molar-refractivity contribution in [1.29, 1.82) is 0 Å². The molecule has 3 heteroatoms. The molecule has 0 saturated heterocycles. The highest BCUT2D eigenvalue weighted by Gasteiger charge is 2.17. The summed E-state index contributed by atoms with van der Waals surface area (Å²) >= 11 is 5.11. The molecule has 1 aromatic heterocycles. The Labute approximate surface area is 83.9 Å². The molecule has 12 heavy (non-hydrogen) atoms. The van der Waals surface area contributed by atoms with E-state index in [0.29, 0.717) is 5.78 Å². The average Bonchev–Trinajstić information content (AvgIpc) is 2.33. The van der Waals surface area contributed by atoms with Crippen LogP contribution in [0.25, 0.3) is 0 Å². The van der Waals surface area contributed by atoms with E-state index in [9.17, 15) is 4.79 Å². The SMILES string of the molecule is O=C1CCCCc2sc(Br)cc21. The number of ketones is 1. The number of hydrogen-bond donors (Lipinski definition) is 0. The van der Waals surface area contributed by atoms with Crippen molar-refractivity contribution in [3.8, 4) is 0 Å². The van der Waals surface area contributed by atoms with E-state index in [4.69, 9.17) is 0 Å². The molecule has 0 aliphatic heterocycles. The van der Waals surface area contributed by atoms with Crippen LogP contribution in [0.4, 0.5) is 0 Å². The highest BCUT2D eigenvalue weighted by atomic mass is 79.9.